The molecule has 3 rings (SSSR count). The van der Waals surface area contributed by atoms with Crippen LogP contribution in [0.3, 0.4) is 0 Å². The third-order valence-corrected chi connectivity index (χ3v) is 6.53. The summed E-state index contributed by atoms with van der Waals surface area (Å²) in [7, 11) is -3.85. The molecule has 1 aromatic heterocycles. The molecule has 0 radical (unpaired) electrons. The van der Waals surface area contributed by atoms with Crippen LogP contribution < -0.4 is 11.1 Å². The molecule has 0 bridgehead atoms. The standard InChI is InChI=1S/C18H22N6O7S2/c1-9(2)4-5-31-22-13(11-8-32-18(19)21-11)15(25)20-10-6-23-7-12(33(3,29)30)14(17(27)28)24(23)16(10)26/h4,8,10H,5-7H2,1-3H3,(H2,19,21)(H,20,25)(H,27,28)/b22-13-/t10-/m0/s1. The maximum absolute atomic E-state index is 12.9. The highest BCUT2D eigenvalue weighted by Gasteiger charge is 2.50. The molecule has 178 valence electrons. The van der Waals surface area contributed by atoms with Crippen molar-refractivity contribution in [1.29, 1.82) is 0 Å². The first kappa shape index (κ1) is 24.3. The molecular formula is C18H22N6O7S2. The SMILES string of the molecule is CC(C)=CCO/N=C(\C(=O)N[C@H]1CN2CC(S(C)(=O)=O)=C(C(=O)O)N2C1=O)c1csc(N)n1. The van der Waals surface area contributed by atoms with Gasteiger partial charge in [0.25, 0.3) is 11.8 Å². The van der Waals surface area contributed by atoms with E-state index in [2.05, 4.69) is 15.5 Å². The molecule has 15 heteroatoms. The van der Waals surface area contributed by atoms with Gasteiger partial charge in [-0.25, -0.2) is 28.2 Å². The Hall–Kier alpha value is -3.30. The van der Waals surface area contributed by atoms with Gasteiger partial charge in [-0.3, -0.25) is 9.59 Å². The Labute approximate surface area is 193 Å². The number of aliphatic carboxylic acids is 1. The number of aromatic nitrogens is 1. The number of carboxylic acids is 1. The third-order valence-electron chi connectivity index (χ3n) is 4.64. The van der Waals surface area contributed by atoms with Crippen LogP contribution in [0.2, 0.25) is 0 Å². The van der Waals surface area contributed by atoms with Gasteiger partial charge in [-0.15, -0.1) is 11.3 Å². The summed E-state index contributed by atoms with van der Waals surface area (Å²) < 4.78 is 23.9. The highest BCUT2D eigenvalue weighted by molar-refractivity contribution is 7.94. The number of fused-ring (bicyclic) bond motifs is 1. The predicted molar refractivity (Wildman–Crippen MR) is 118 cm³/mol. The van der Waals surface area contributed by atoms with Gasteiger partial charge in [0.05, 0.1) is 11.4 Å². The van der Waals surface area contributed by atoms with Crippen LogP contribution >= 0.6 is 11.3 Å². The number of oxime groups is 1. The molecule has 33 heavy (non-hydrogen) atoms. The van der Waals surface area contributed by atoms with Crippen molar-refractivity contribution in [3.63, 3.8) is 0 Å². The normalized spacial score (nSPS) is 19.0. The summed E-state index contributed by atoms with van der Waals surface area (Å²) in [5, 5.41) is 19.5. The number of thiazole rings is 1. The fraction of sp³-hybridized carbons (Fsp3) is 0.389. The number of nitrogens with zero attached hydrogens (tertiary/aromatic N) is 4. The van der Waals surface area contributed by atoms with Crippen LogP contribution in [-0.2, 0) is 29.1 Å². The maximum Gasteiger partial charge on any atom is 0.355 e. The number of carboxylic acid groups (broad SMARTS) is 1. The minimum absolute atomic E-state index is 0.101. The number of sulfone groups is 1. The Kier molecular flexibility index (Phi) is 6.85. The number of nitrogens with one attached hydrogen (secondary N) is 1. The number of allylic oxidation sites excluding steroid dienone is 1. The molecule has 0 saturated carbocycles. The van der Waals surface area contributed by atoms with E-state index < -0.39 is 39.4 Å². The minimum atomic E-state index is -3.85. The fourth-order valence-corrected chi connectivity index (χ4v) is 4.60. The van der Waals surface area contributed by atoms with Crippen LogP contribution in [0.4, 0.5) is 5.13 Å². The van der Waals surface area contributed by atoms with Crippen molar-refractivity contribution in [2.45, 2.75) is 19.9 Å². The van der Waals surface area contributed by atoms with Gasteiger partial charge in [0.2, 0.25) is 0 Å². The molecular weight excluding hydrogens is 476 g/mol. The van der Waals surface area contributed by atoms with E-state index in [-0.39, 0.29) is 41.1 Å². The molecule has 0 unspecified atom stereocenters. The predicted octanol–water partition coefficient (Wildman–Crippen LogP) is -0.689. The van der Waals surface area contributed by atoms with Crippen LogP contribution in [0.5, 0.6) is 0 Å². The van der Waals surface area contributed by atoms with Crippen molar-refractivity contribution in [2.75, 3.05) is 31.7 Å². The third kappa shape index (κ3) is 5.20. The summed E-state index contributed by atoms with van der Waals surface area (Å²) >= 11 is 1.08. The summed E-state index contributed by atoms with van der Waals surface area (Å²) in [4.78, 5) is 46.3. The van der Waals surface area contributed by atoms with Gasteiger partial charge in [-0.2, -0.15) is 0 Å². The summed E-state index contributed by atoms with van der Waals surface area (Å²) in [5.41, 5.74) is 5.90. The second-order valence-electron chi connectivity index (χ2n) is 7.46. The van der Waals surface area contributed by atoms with E-state index in [9.17, 15) is 27.9 Å². The van der Waals surface area contributed by atoms with E-state index in [1.165, 1.54) is 10.4 Å². The van der Waals surface area contributed by atoms with Crippen LogP contribution in [0.1, 0.15) is 19.5 Å². The molecule has 4 N–H and O–H groups in total. The number of hydrazine groups is 1. The van der Waals surface area contributed by atoms with Gasteiger partial charge in [0.15, 0.2) is 26.4 Å². The zero-order chi connectivity index (χ0) is 24.5. The Morgan fingerprint density at radius 3 is 2.70 bits per heavy atom. The quantitative estimate of drug-likeness (QED) is 0.179. The van der Waals surface area contributed by atoms with Crippen molar-refractivity contribution >= 4 is 49.8 Å². The molecule has 0 aromatic carbocycles. The number of anilines is 1. The van der Waals surface area contributed by atoms with E-state index >= 15 is 0 Å². The maximum atomic E-state index is 12.9. The van der Waals surface area contributed by atoms with E-state index in [1.807, 2.05) is 13.8 Å². The Morgan fingerprint density at radius 1 is 1.45 bits per heavy atom. The van der Waals surface area contributed by atoms with E-state index in [0.29, 0.717) is 0 Å². The van der Waals surface area contributed by atoms with E-state index in [4.69, 9.17) is 10.6 Å². The number of carbonyl (C=O) groups is 3. The second kappa shape index (κ2) is 9.29. The van der Waals surface area contributed by atoms with Gasteiger partial charge < -0.3 is 21.0 Å². The first-order valence-corrected chi connectivity index (χ1v) is 12.3. The lowest BCUT2D eigenvalue weighted by molar-refractivity contribution is -0.143. The van der Waals surface area contributed by atoms with E-state index in [1.54, 1.807) is 6.08 Å². The highest BCUT2D eigenvalue weighted by atomic mass is 32.2. The van der Waals surface area contributed by atoms with Crippen LogP contribution in [0.25, 0.3) is 0 Å². The average molecular weight is 499 g/mol. The summed E-state index contributed by atoms with van der Waals surface area (Å²) in [6.45, 7) is 3.40. The summed E-state index contributed by atoms with van der Waals surface area (Å²) in [6, 6.07) is -1.15. The molecule has 13 nitrogen and oxygen atoms in total. The van der Waals surface area contributed by atoms with Gasteiger partial charge in [0.1, 0.15) is 18.3 Å². The number of rotatable bonds is 8. The van der Waals surface area contributed by atoms with Crippen molar-refractivity contribution in [2.24, 2.45) is 5.16 Å². The molecule has 1 atom stereocenters. The van der Waals surface area contributed by atoms with Crippen molar-refractivity contribution in [3.8, 4) is 0 Å². The lowest BCUT2D eigenvalue weighted by Crippen LogP contribution is -2.46. The molecule has 1 fully saturated rings. The molecule has 2 aliphatic heterocycles. The number of hydrogen-bond acceptors (Lipinski definition) is 11. The average Bonchev–Trinajstić information content (AvgIpc) is 3.36. The van der Waals surface area contributed by atoms with Gasteiger partial charge in [0, 0.05) is 18.2 Å². The van der Waals surface area contributed by atoms with Gasteiger partial charge >= 0.3 is 5.97 Å². The number of nitrogen functional groups attached to an aromatic ring is 1. The second-order valence-corrected chi connectivity index (χ2v) is 10.4. The lowest BCUT2D eigenvalue weighted by Gasteiger charge is -2.18. The first-order valence-electron chi connectivity index (χ1n) is 9.51. The highest BCUT2D eigenvalue weighted by Crippen LogP contribution is 2.31. The molecule has 2 aliphatic rings. The number of carbonyl (C=O) groups excluding carboxylic acids is 2. The van der Waals surface area contributed by atoms with Crippen molar-refractivity contribution < 1.29 is 32.7 Å². The smallest absolute Gasteiger partial charge is 0.355 e. The van der Waals surface area contributed by atoms with Crippen molar-refractivity contribution in [3.05, 3.63) is 33.3 Å². The molecule has 0 aliphatic carbocycles. The molecule has 3 heterocycles. The van der Waals surface area contributed by atoms with Crippen LogP contribution in [-0.4, -0.2) is 84.0 Å². The molecule has 1 saturated heterocycles. The minimum Gasteiger partial charge on any atom is -0.476 e. The largest absolute Gasteiger partial charge is 0.476 e. The zero-order valence-corrected chi connectivity index (χ0v) is 19.6. The summed E-state index contributed by atoms with van der Waals surface area (Å²) in [5.74, 6) is -3.14. The Balaban J connectivity index is 1.82. The fourth-order valence-electron chi connectivity index (χ4n) is 3.15. The lowest BCUT2D eigenvalue weighted by atomic mass is 10.2. The summed E-state index contributed by atoms with van der Waals surface area (Å²) in [6.07, 6.45) is 2.62. The van der Waals surface area contributed by atoms with Crippen LogP contribution in [0, 0.1) is 0 Å². The number of nitrogens with two attached hydrogens (primary N) is 1. The van der Waals surface area contributed by atoms with Crippen LogP contribution in [0.15, 0.2) is 32.8 Å². The van der Waals surface area contributed by atoms with Crippen molar-refractivity contribution in [1.82, 2.24) is 20.3 Å². The Morgan fingerprint density at radius 2 is 2.15 bits per heavy atom. The van der Waals surface area contributed by atoms with E-state index in [0.717, 1.165) is 28.2 Å². The van der Waals surface area contributed by atoms with Gasteiger partial charge in [-0.1, -0.05) is 10.7 Å². The monoisotopic (exact) mass is 498 g/mol. The molecule has 1 aromatic rings. The zero-order valence-electron chi connectivity index (χ0n) is 17.9. The molecule has 2 amide bonds. The van der Waals surface area contributed by atoms with Gasteiger partial charge in [-0.05, 0) is 19.9 Å². The molecule has 0 spiro atoms. The number of amides is 2. The topological polar surface area (TPSA) is 185 Å². The number of hydrogen-bond donors (Lipinski definition) is 3. The first-order chi connectivity index (χ1) is 15.4. The Bertz CT molecular complexity index is 1200.